The van der Waals surface area contributed by atoms with E-state index in [9.17, 15) is 0 Å². The third-order valence-corrected chi connectivity index (χ3v) is 5.04. The Balaban J connectivity index is 2.01. The second-order valence-corrected chi connectivity index (χ2v) is 6.37. The number of halogens is 1. The van der Waals surface area contributed by atoms with E-state index in [-0.39, 0.29) is 6.04 Å². The van der Waals surface area contributed by atoms with Crippen molar-refractivity contribution >= 4 is 22.6 Å². The molecule has 2 atom stereocenters. The molecule has 0 aliphatic heterocycles. The number of benzene rings is 1. The van der Waals surface area contributed by atoms with Crippen LogP contribution in [0.1, 0.15) is 41.6 Å². The number of aryl methyl sites for hydroxylation is 1. The van der Waals surface area contributed by atoms with E-state index in [0.29, 0.717) is 5.92 Å². The van der Waals surface area contributed by atoms with Gasteiger partial charge in [-0.15, -0.1) is 0 Å². The van der Waals surface area contributed by atoms with Crippen molar-refractivity contribution in [3.63, 3.8) is 0 Å². The van der Waals surface area contributed by atoms with Crippen LogP contribution >= 0.6 is 22.6 Å². The number of hydrogen-bond acceptors (Lipinski definition) is 3. The molecule has 3 rings (SSSR count). The molecule has 0 saturated carbocycles. The van der Waals surface area contributed by atoms with Gasteiger partial charge in [-0.05, 0) is 65.1 Å². The molecule has 4 heteroatoms. The van der Waals surface area contributed by atoms with Gasteiger partial charge in [-0.25, -0.2) is 0 Å². The highest BCUT2D eigenvalue weighted by Gasteiger charge is 2.30. The molecule has 2 aromatic rings. The predicted octanol–water partition coefficient (Wildman–Crippen LogP) is 3.31. The van der Waals surface area contributed by atoms with Crippen LogP contribution in [-0.2, 0) is 6.42 Å². The summed E-state index contributed by atoms with van der Waals surface area (Å²) in [7, 11) is 0. The van der Waals surface area contributed by atoms with Crippen molar-refractivity contribution < 1.29 is 0 Å². The van der Waals surface area contributed by atoms with Gasteiger partial charge in [-0.3, -0.25) is 16.3 Å². The van der Waals surface area contributed by atoms with Crippen LogP contribution in [-0.4, -0.2) is 4.98 Å². The molecule has 0 amide bonds. The molecule has 0 radical (unpaired) electrons. The topological polar surface area (TPSA) is 50.9 Å². The highest BCUT2D eigenvalue weighted by Crippen LogP contribution is 2.39. The van der Waals surface area contributed by atoms with Gasteiger partial charge in [0, 0.05) is 21.4 Å². The lowest BCUT2D eigenvalue weighted by atomic mass is 9.80. The fraction of sp³-hybridized carbons (Fsp3) is 0.312. The molecular formula is C16H18IN3. The van der Waals surface area contributed by atoms with Crippen molar-refractivity contribution in [2.24, 2.45) is 5.84 Å². The standard InChI is InChI=1S/C16H18IN3/c17-14-9-2-1-7-12(14)16(20-18)13-8-3-5-11-6-4-10-19-15(11)13/h1-2,4,6-7,9-10,13,16,20H,3,5,8,18H2. The van der Waals surface area contributed by atoms with Crippen LogP contribution in [0.25, 0.3) is 0 Å². The summed E-state index contributed by atoms with van der Waals surface area (Å²) in [6, 6.07) is 12.8. The lowest BCUT2D eigenvalue weighted by Crippen LogP contribution is -2.35. The van der Waals surface area contributed by atoms with E-state index in [4.69, 9.17) is 5.84 Å². The number of hydrazine groups is 1. The number of nitrogens with zero attached hydrogens (tertiary/aromatic N) is 1. The molecule has 1 aromatic heterocycles. The average molecular weight is 379 g/mol. The summed E-state index contributed by atoms with van der Waals surface area (Å²) in [5, 5.41) is 0. The Morgan fingerprint density at radius 1 is 1.25 bits per heavy atom. The molecule has 1 aliphatic rings. The Bertz CT molecular complexity index is 600. The smallest absolute Gasteiger partial charge is 0.0554 e. The second-order valence-electron chi connectivity index (χ2n) is 5.21. The molecule has 1 heterocycles. The minimum absolute atomic E-state index is 0.122. The average Bonchev–Trinajstić information content (AvgIpc) is 2.50. The van der Waals surface area contributed by atoms with Crippen LogP contribution in [0.15, 0.2) is 42.6 Å². The minimum atomic E-state index is 0.122. The zero-order valence-corrected chi connectivity index (χ0v) is 13.4. The lowest BCUT2D eigenvalue weighted by molar-refractivity contribution is 0.399. The normalized spacial score (nSPS) is 19.4. The van der Waals surface area contributed by atoms with Crippen LogP contribution in [0.2, 0.25) is 0 Å². The molecule has 3 N–H and O–H groups in total. The van der Waals surface area contributed by atoms with Gasteiger partial charge in [0.2, 0.25) is 0 Å². The number of fused-ring (bicyclic) bond motifs is 1. The minimum Gasteiger partial charge on any atom is -0.271 e. The summed E-state index contributed by atoms with van der Waals surface area (Å²) in [6.45, 7) is 0. The third kappa shape index (κ3) is 2.60. The van der Waals surface area contributed by atoms with Crippen LogP contribution in [0, 0.1) is 3.57 Å². The predicted molar refractivity (Wildman–Crippen MR) is 89.1 cm³/mol. The number of nitrogens with two attached hydrogens (primary N) is 1. The van der Waals surface area contributed by atoms with Gasteiger partial charge in [-0.2, -0.15) is 0 Å². The number of pyridine rings is 1. The highest BCUT2D eigenvalue weighted by atomic mass is 127. The first-order valence-corrected chi connectivity index (χ1v) is 8.03. The van der Waals surface area contributed by atoms with E-state index < -0.39 is 0 Å². The number of nitrogens with one attached hydrogen (secondary N) is 1. The first-order chi connectivity index (χ1) is 9.81. The Morgan fingerprint density at radius 2 is 2.10 bits per heavy atom. The Labute approximate surface area is 133 Å². The van der Waals surface area contributed by atoms with Crippen LogP contribution in [0.3, 0.4) is 0 Å². The van der Waals surface area contributed by atoms with Gasteiger partial charge in [-0.1, -0.05) is 24.3 Å². The van der Waals surface area contributed by atoms with E-state index >= 15 is 0 Å². The summed E-state index contributed by atoms with van der Waals surface area (Å²) in [5.41, 5.74) is 6.87. The Kier molecular flexibility index (Phi) is 4.33. The summed E-state index contributed by atoms with van der Waals surface area (Å²) >= 11 is 2.38. The fourth-order valence-corrected chi connectivity index (χ4v) is 3.84. The SMILES string of the molecule is NNC(c1ccccc1I)C1CCCc2cccnc21. The zero-order chi connectivity index (χ0) is 13.9. The molecule has 3 nitrogen and oxygen atoms in total. The molecule has 1 aliphatic carbocycles. The molecule has 2 unspecified atom stereocenters. The van der Waals surface area contributed by atoms with Crippen molar-refractivity contribution in [3.05, 3.63) is 63.0 Å². The van der Waals surface area contributed by atoms with E-state index in [1.54, 1.807) is 0 Å². The van der Waals surface area contributed by atoms with E-state index in [2.05, 4.69) is 63.3 Å². The number of rotatable bonds is 3. The summed E-state index contributed by atoms with van der Waals surface area (Å²) in [6.07, 6.45) is 5.35. The van der Waals surface area contributed by atoms with E-state index in [1.165, 1.54) is 26.8 Å². The first kappa shape index (κ1) is 14.0. The molecule has 0 saturated heterocycles. The van der Waals surface area contributed by atoms with Crippen LogP contribution in [0.5, 0.6) is 0 Å². The third-order valence-electron chi connectivity index (χ3n) is 4.06. The Hall–Kier alpha value is -0.980. The van der Waals surface area contributed by atoms with Gasteiger partial charge in [0.15, 0.2) is 0 Å². The van der Waals surface area contributed by atoms with Crippen LogP contribution in [0.4, 0.5) is 0 Å². The molecular weight excluding hydrogens is 361 g/mol. The van der Waals surface area contributed by atoms with Crippen molar-refractivity contribution in [1.82, 2.24) is 10.4 Å². The van der Waals surface area contributed by atoms with Gasteiger partial charge < -0.3 is 0 Å². The zero-order valence-electron chi connectivity index (χ0n) is 11.2. The number of aromatic nitrogens is 1. The van der Waals surface area contributed by atoms with Gasteiger partial charge >= 0.3 is 0 Å². The van der Waals surface area contributed by atoms with Gasteiger partial charge in [0.25, 0.3) is 0 Å². The van der Waals surface area contributed by atoms with Gasteiger partial charge in [0.1, 0.15) is 0 Å². The maximum atomic E-state index is 5.88. The quantitative estimate of drug-likeness (QED) is 0.489. The van der Waals surface area contributed by atoms with Crippen molar-refractivity contribution in [2.45, 2.75) is 31.2 Å². The summed E-state index contributed by atoms with van der Waals surface area (Å²) in [4.78, 5) is 4.63. The second kappa shape index (κ2) is 6.20. The van der Waals surface area contributed by atoms with Crippen molar-refractivity contribution in [1.29, 1.82) is 0 Å². The maximum Gasteiger partial charge on any atom is 0.0554 e. The molecule has 20 heavy (non-hydrogen) atoms. The Morgan fingerprint density at radius 3 is 2.90 bits per heavy atom. The fourth-order valence-electron chi connectivity index (χ4n) is 3.12. The number of hydrogen-bond donors (Lipinski definition) is 2. The summed E-state index contributed by atoms with van der Waals surface area (Å²) in [5.74, 6) is 6.23. The lowest BCUT2D eigenvalue weighted by Gasteiger charge is -2.31. The monoisotopic (exact) mass is 379 g/mol. The molecule has 0 bridgehead atoms. The van der Waals surface area contributed by atoms with E-state index in [0.717, 1.165) is 12.8 Å². The maximum absolute atomic E-state index is 5.88. The highest BCUT2D eigenvalue weighted by molar-refractivity contribution is 14.1. The van der Waals surface area contributed by atoms with Crippen molar-refractivity contribution in [2.75, 3.05) is 0 Å². The largest absolute Gasteiger partial charge is 0.271 e. The molecule has 0 spiro atoms. The van der Waals surface area contributed by atoms with Gasteiger partial charge in [0.05, 0.1) is 6.04 Å². The molecule has 104 valence electrons. The first-order valence-electron chi connectivity index (χ1n) is 6.95. The summed E-state index contributed by atoms with van der Waals surface area (Å²) < 4.78 is 1.25. The van der Waals surface area contributed by atoms with Crippen molar-refractivity contribution in [3.8, 4) is 0 Å². The van der Waals surface area contributed by atoms with E-state index in [1.807, 2.05) is 12.3 Å². The van der Waals surface area contributed by atoms with Crippen LogP contribution < -0.4 is 11.3 Å². The molecule has 1 aromatic carbocycles. The molecule has 0 fully saturated rings.